The standard InChI is InChI=1S/C11H8FN3O5/c12-5-20-7-4-2-1-3-6(7)9-13-10(16)8(15(18)19)11(17)14-9/h1-4H,5H2,(H2,13,14,16,17). The van der Waals surface area contributed by atoms with E-state index in [1.165, 1.54) is 12.1 Å². The second-order valence-corrected chi connectivity index (χ2v) is 3.59. The number of halogens is 1. The molecule has 104 valence electrons. The molecule has 2 rings (SSSR count). The average Bonchev–Trinajstić information content (AvgIpc) is 2.38. The number of para-hydroxylation sites is 1. The van der Waals surface area contributed by atoms with Gasteiger partial charge >= 0.3 is 11.2 Å². The molecule has 2 aromatic rings. The molecule has 0 radical (unpaired) electrons. The molecule has 8 nitrogen and oxygen atoms in total. The van der Waals surface area contributed by atoms with Crippen LogP contribution in [0.2, 0.25) is 0 Å². The first-order chi connectivity index (χ1) is 9.54. The monoisotopic (exact) mass is 281 g/mol. The third-order valence-corrected chi connectivity index (χ3v) is 2.41. The zero-order valence-electron chi connectivity index (χ0n) is 9.87. The zero-order chi connectivity index (χ0) is 14.7. The Balaban J connectivity index is 2.60. The van der Waals surface area contributed by atoms with Gasteiger partial charge in [0.1, 0.15) is 11.6 Å². The predicted octanol–water partition coefficient (Wildman–Crippen LogP) is 1.36. The average molecular weight is 281 g/mol. The SMILES string of the molecule is O=c1[nH]c(-c2ccccc2OCF)nc(O)c1[N+](=O)[O-]. The number of nitro groups is 1. The minimum atomic E-state index is -1.12. The highest BCUT2D eigenvalue weighted by molar-refractivity contribution is 5.65. The van der Waals surface area contributed by atoms with Crippen LogP contribution in [0.1, 0.15) is 0 Å². The fourth-order valence-corrected chi connectivity index (χ4v) is 1.59. The Morgan fingerprint density at radius 3 is 2.75 bits per heavy atom. The molecule has 0 aliphatic rings. The predicted molar refractivity (Wildman–Crippen MR) is 65.2 cm³/mol. The number of rotatable bonds is 4. The third kappa shape index (κ3) is 2.41. The number of aromatic hydroxyl groups is 1. The van der Waals surface area contributed by atoms with E-state index >= 15 is 0 Å². The van der Waals surface area contributed by atoms with Gasteiger partial charge in [0.2, 0.25) is 6.86 Å². The summed E-state index contributed by atoms with van der Waals surface area (Å²) in [6, 6.07) is 6.01. The maximum Gasteiger partial charge on any atom is 0.395 e. The molecule has 0 aliphatic heterocycles. The van der Waals surface area contributed by atoms with Crippen molar-refractivity contribution < 1.29 is 19.2 Å². The molecule has 1 aromatic carbocycles. The molecule has 0 amide bonds. The van der Waals surface area contributed by atoms with E-state index in [4.69, 9.17) is 4.74 Å². The normalized spacial score (nSPS) is 10.2. The molecule has 0 unspecified atom stereocenters. The number of hydrogen-bond acceptors (Lipinski definition) is 6. The van der Waals surface area contributed by atoms with Crippen molar-refractivity contribution in [3.63, 3.8) is 0 Å². The fourth-order valence-electron chi connectivity index (χ4n) is 1.59. The van der Waals surface area contributed by atoms with E-state index in [1.54, 1.807) is 12.1 Å². The van der Waals surface area contributed by atoms with Crippen molar-refractivity contribution in [1.82, 2.24) is 9.97 Å². The molecule has 0 atom stereocenters. The summed E-state index contributed by atoms with van der Waals surface area (Å²) in [5, 5.41) is 20.0. The summed E-state index contributed by atoms with van der Waals surface area (Å²) in [6.45, 7) is -1.10. The van der Waals surface area contributed by atoms with Gasteiger partial charge < -0.3 is 14.8 Å². The summed E-state index contributed by atoms with van der Waals surface area (Å²) < 4.78 is 17.0. The number of benzene rings is 1. The first kappa shape index (κ1) is 13.5. The van der Waals surface area contributed by atoms with E-state index in [1.807, 2.05) is 0 Å². The Labute approximate surface area is 110 Å². The minimum absolute atomic E-state index is 0.0754. The Morgan fingerprint density at radius 2 is 2.15 bits per heavy atom. The van der Waals surface area contributed by atoms with Crippen molar-refractivity contribution in [2.45, 2.75) is 0 Å². The minimum Gasteiger partial charge on any atom is -0.488 e. The molecule has 0 fully saturated rings. The third-order valence-electron chi connectivity index (χ3n) is 2.41. The van der Waals surface area contributed by atoms with Crippen LogP contribution in [0.3, 0.4) is 0 Å². The van der Waals surface area contributed by atoms with Crippen molar-refractivity contribution in [3.05, 3.63) is 44.7 Å². The number of alkyl halides is 1. The highest BCUT2D eigenvalue weighted by Gasteiger charge is 2.23. The van der Waals surface area contributed by atoms with Crippen molar-refractivity contribution >= 4 is 5.69 Å². The van der Waals surface area contributed by atoms with E-state index in [-0.39, 0.29) is 17.1 Å². The summed E-state index contributed by atoms with van der Waals surface area (Å²) in [4.78, 5) is 26.7. The van der Waals surface area contributed by atoms with Gasteiger partial charge in [0.05, 0.1) is 10.5 Å². The molecule has 0 bridgehead atoms. The highest BCUT2D eigenvalue weighted by Crippen LogP contribution is 2.29. The summed E-state index contributed by atoms with van der Waals surface area (Å²) in [5.74, 6) is -1.11. The van der Waals surface area contributed by atoms with E-state index in [2.05, 4.69) is 9.97 Å². The molecule has 0 saturated heterocycles. The van der Waals surface area contributed by atoms with E-state index in [0.29, 0.717) is 0 Å². The van der Waals surface area contributed by atoms with Crippen LogP contribution in [0.15, 0.2) is 29.1 Å². The number of ether oxygens (including phenoxy) is 1. The van der Waals surface area contributed by atoms with Crippen LogP contribution >= 0.6 is 0 Å². The largest absolute Gasteiger partial charge is 0.488 e. The second kappa shape index (κ2) is 5.34. The lowest BCUT2D eigenvalue weighted by molar-refractivity contribution is -0.387. The van der Waals surface area contributed by atoms with Gasteiger partial charge in [-0.2, -0.15) is 4.98 Å². The van der Waals surface area contributed by atoms with Crippen LogP contribution in [-0.4, -0.2) is 26.9 Å². The van der Waals surface area contributed by atoms with Crippen LogP contribution in [0.4, 0.5) is 10.1 Å². The summed E-state index contributed by atoms with van der Waals surface area (Å²) >= 11 is 0. The molecule has 2 N–H and O–H groups in total. The lowest BCUT2D eigenvalue weighted by atomic mass is 10.2. The van der Waals surface area contributed by atoms with Gasteiger partial charge in [0, 0.05) is 0 Å². The van der Waals surface area contributed by atoms with Crippen molar-refractivity contribution in [2.24, 2.45) is 0 Å². The zero-order valence-corrected chi connectivity index (χ0v) is 9.87. The van der Waals surface area contributed by atoms with Crippen LogP contribution < -0.4 is 10.3 Å². The number of nitrogens with one attached hydrogen (secondary N) is 1. The first-order valence-corrected chi connectivity index (χ1v) is 5.30. The lowest BCUT2D eigenvalue weighted by Gasteiger charge is -2.08. The number of H-pyrrole nitrogens is 1. The maximum absolute atomic E-state index is 12.2. The molecule has 0 spiro atoms. The molecular weight excluding hydrogens is 273 g/mol. The van der Waals surface area contributed by atoms with Gasteiger partial charge in [-0.05, 0) is 12.1 Å². The molecule has 9 heteroatoms. The van der Waals surface area contributed by atoms with Gasteiger partial charge in [-0.3, -0.25) is 14.9 Å². The summed E-state index contributed by atoms with van der Waals surface area (Å²) in [7, 11) is 0. The van der Waals surface area contributed by atoms with Crippen molar-refractivity contribution in [2.75, 3.05) is 6.86 Å². The van der Waals surface area contributed by atoms with Crippen LogP contribution in [-0.2, 0) is 0 Å². The molecule has 0 aliphatic carbocycles. The van der Waals surface area contributed by atoms with Crippen molar-refractivity contribution in [1.29, 1.82) is 0 Å². The molecule has 20 heavy (non-hydrogen) atoms. The van der Waals surface area contributed by atoms with E-state index in [9.17, 15) is 24.4 Å². The first-order valence-electron chi connectivity index (χ1n) is 5.30. The lowest BCUT2D eigenvalue weighted by Crippen LogP contribution is -2.14. The molecule has 1 aromatic heterocycles. The summed E-state index contributed by atoms with van der Waals surface area (Å²) in [5.41, 5.74) is -1.99. The van der Waals surface area contributed by atoms with Gasteiger partial charge in [0.25, 0.3) is 5.88 Å². The Bertz CT molecular complexity index is 715. The molecule has 1 heterocycles. The fraction of sp³-hybridized carbons (Fsp3) is 0.0909. The quantitative estimate of drug-likeness (QED) is 0.645. The molecule has 0 saturated carbocycles. The van der Waals surface area contributed by atoms with E-state index < -0.39 is 28.9 Å². The number of aromatic amines is 1. The van der Waals surface area contributed by atoms with Gasteiger partial charge in [-0.25, -0.2) is 4.39 Å². The van der Waals surface area contributed by atoms with Crippen LogP contribution in [0.5, 0.6) is 11.6 Å². The molecular formula is C11H8FN3O5. The topological polar surface area (TPSA) is 118 Å². The van der Waals surface area contributed by atoms with Gasteiger partial charge in [-0.15, -0.1) is 0 Å². The van der Waals surface area contributed by atoms with E-state index in [0.717, 1.165) is 0 Å². The highest BCUT2D eigenvalue weighted by atomic mass is 19.1. The Morgan fingerprint density at radius 1 is 1.45 bits per heavy atom. The van der Waals surface area contributed by atoms with Gasteiger partial charge in [-0.1, -0.05) is 12.1 Å². The Hall–Kier alpha value is -2.97. The summed E-state index contributed by atoms with van der Waals surface area (Å²) in [6.07, 6.45) is 0. The van der Waals surface area contributed by atoms with Gasteiger partial charge in [0.15, 0.2) is 0 Å². The maximum atomic E-state index is 12.2. The number of aromatic nitrogens is 2. The van der Waals surface area contributed by atoms with Crippen LogP contribution in [0.25, 0.3) is 11.4 Å². The Kier molecular flexibility index (Phi) is 3.60. The smallest absolute Gasteiger partial charge is 0.395 e. The second-order valence-electron chi connectivity index (χ2n) is 3.59. The van der Waals surface area contributed by atoms with Crippen molar-refractivity contribution in [3.8, 4) is 23.0 Å². The van der Waals surface area contributed by atoms with Crippen LogP contribution in [0, 0.1) is 10.1 Å². The number of nitrogens with zero attached hydrogens (tertiary/aromatic N) is 2. The number of hydrogen-bond donors (Lipinski definition) is 2.